The van der Waals surface area contributed by atoms with Gasteiger partial charge in [-0.3, -0.25) is 4.57 Å². The summed E-state index contributed by atoms with van der Waals surface area (Å²) < 4.78 is 1.32. The SMILES string of the molecule is Cn1cnc([N+](=O)[O-])c1N=[N+]=N. The first-order valence-corrected chi connectivity index (χ1v) is 2.90. The lowest BCUT2D eigenvalue weighted by Gasteiger charge is -1.86. The van der Waals surface area contributed by atoms with E-state index in [1.807, 2.05) is 0 Å². The van der Waals surface area contributed by atoms with Gasteiger partial charge >= 0.3 is 11.6 Å². The molecule has 0 aliphatic rings. The minimum Gasteiger partial charge on any atom is -0.358 e. The van der Waals surface area contributed by atoms with Crippen LogP contribution in [0.15, 0.2) is 11.4 Å². The number of nitrogens with one attached hydrogen (secondary N) is 1. The van der Waals surface area contributed by atoms with Crippen molar-refractivity contribution in [1.82, 2.24) is 14.5 Å². The third-order valence-electron chi connectivity index (χ3n) is 1.20. The fourth-order valence-electron chi connectivity index (χ4n) is 0.703. The normalized spacial score (nSPS) is 9.08. The molecule has 0 fully saturated rings. The van der Waals surface area contributed by atoms with E-state index in [-0.39, 0.29) is 5.82 Å². The Balaban J connectivity index is 3.30. The summed E-state index contributed by atoms with van der Waals surface area (Å²) in [4.78, 5) is 15.8. The Labute approximate surface area is 66.2 Å². The minimum absolute atomic E-state index is 0.0324. The molecular formula is C4H5N6O2+. The Morgan fingerprint density at radius 1 is 1.92 bits per heavy atom. The maximum atomic E-state index is 10.3. The summed E-state index contributed by atoms with van der Waals surface area (Å²) in [6.07, 6.45) is 1.24. The summed E-state index contributed by atoms with van der Waals surface area (Å²) in [5.74, 6) is -0.427. The van der Waals surface area contributed by atoms with Crippen LogP contribution in [0.2, 0.25) is 0 Å². The molecule has 62 valence electrons. The van der Waals surface area contributed by atoms with Crippen LogP contribution < -0.4 is 4.91 Å². The van der Waals surface area contributed by atoms with Gasteiger partial charge in [-0.25, -0.2) is 0 Å². The van der Waals surface area contributed by atoms with Gasteiger partial charge in [0, 0.05) is 7.05 Å². The van der Waals surface area contributed by atoms with Crippen molar-refractivity contribution < 1.29 is 4.92 Å². The van der Waals surface area contributed by atoms with Crippen LogP contribution >= 0.6 is 0 Å². The molecule has 0 aromatic carbocycles. The highest BCUT2D eigenvalue weighted by molar-refractivity contribution is 5.45. The Bertz CT molecular complexity index is 362. The maximum Gasteiger partial charge on any atom is 0.416 e. The number of aromatic nitrogens is 2. The zero-order chi connectivity index (χ0) is 9.14. The fourth-order valence-corrected chi connectivity index (χ4v) is 0.703. The molecule has 1 N–H and O–H groups in total. The Kier molecular flexibility index (Phi) is 1.93. The zero-order valence-corrected chi connectivity index (χ0v) is 6.13. The van der Waals surface area contributed by atoms with Crippen LogP contribution in [0.4, 0.5) is 11.6 Å². The van der Waals surface area contributed by atoms with Crippen LogP contribution in [0.25, 0.3) is 0 Å². The summed E-state index contributed by atoms with van der Waals surface area (Å²) in [5.41, 5.74) is 6.41. The van der Waals surface area contributed by atoms with Crippen molar-refractivity contribution in [2.75, 3.05) is 0 Å². The smallest absolute Gasteiger partial charge is 0.358 e. The predicted octanol–water partition coefficient (Wildman–Crippen LogP) is 0.510. The van der Waals surface area contributed by atoms with Crippen molar-refractivity contribution in [1.29, 1.82) is 5.53 Å². The lowest BCUT2D eigenvalue weighted by Crippen LogP contribution is -1.89. The summed E-state index contributed by atoms with van der Waals surface area (Å²) in [7, 11) is 1.53. The average molecular weight is 169 g/mol. The van der Waals surface area contributed by atoms with E-state index in [0.29, 0.717) is 0 Å². The minimum atomic E-state index is -0.677. The Hall–Kier alpha value is -2.08. The van der Waals surface area contributed by atoms with Gasteiger partial charge in [0.2, 0.25) is 11.2 Å². The highest BCUT2D eigenvalue weighted by Crippen LogP contribution is 2.22. The fraction of sp³-hybridized carbons (Fsp3) is 0.250. The van der Waals surface area contributed by atoms with Crippen LogP contribution in [-0.2, 0) is 7.05 Å². The van der Waals surface area contributed by atoms with Crippen LogP contribution in [0.5, 0.6) is 0 Å². The summed E-state index contributed by atoms with van der Waals surface area (Å²) in [6, 6.07) is 0. The third kappa shape index (κ3) is 1.18. The third-order valence-corrected chi connectivity index (χ3v) is 1.20. The van der Waals surface area contributed by atoms with Crippen molar-refractivity contribution in [3.8, 4) is 0 Å². The van der Waals surface area contributed by atoms with Gasteiger partial charge in [0.15, 0.2) is 5.11 Å². The van der Waals surface area contributed by atoms with E-state index >= 15 is 0 Å². The molecule has 0 amide bonds. The average Bonchev–Trinajstić information content (AvgIpc) is 2.34. The molecule has 0 spiro atoms. The number of aryl methyl sites for hydroxylation is 1. The Morgan fingerprint density at radius 3 is 3.08 bits per heavy atom. The molecule has 8 nitrogen and oxygen atoms in total. The van der Waals surface area contributed by atoms with Crippen molar-refractivity contribution in [3.05, 3.63) is 16.4 Å². The Morgan fingerprint density at radius 2 is 2.58 bits per heavy atom. The lowest BCUT2D eigenvalue weighted by atomic mass is 10.6. The van der Waals surface area contributed by atoms with Crippen molar-refractivity contribution in [2.24, 2.45) is 12.2 Å². The molecule has 0 aliphatic heterocycles. The lowest BCUT2D eigenvalue weighted by molar-refractivity contribution is -0.388. The first kappa shape index (κ1) is 8.02. The van der Waals surface area contributed by atoms with Crippen LogP contribution in [-0.4, -0.2) is 14.5 Å². The second-order valence-electron chi connectivity index (χ2n) is 1.96. The largest absolute Gasteiger partial charge is 0.416 e. The molecule has 0 bridgehead atoms. The van der Waals surface area contributed by atoms with Crippen molar-refractivity contribution >= 4 is 11.6 Å². The number of hydrogen-bond donors (Lipinski definition) is 1. The molecule has 1 aromatic rings. The van der Waals surface area contributed by atoms with E-state index in [1.54, 1.807) is 0 Å². The van der Waals surface area contributed by atoms with Gasteiger partial charge in [0.05, 0.1) is 0 Å². The molecular weight excluding hydrogens is 164 g/mol. The number of rotatable bonds is 2. The molecule has 0 saturated carbocycles. The van der Waals surface area contributed by atoms with Gasteiger partial charge in [-0.1, -0.05) is 0 Å². The number of hydrogen-bond acceptors (Lipinski definition) is 5. The second-order valence-corrected chi connectivity index (χ2v) is 1.96. The zero-order valence-electron chi connectivity index (χ0n) is 6.13. The quantitative estimate of drug-likeness (QED) is 0.301. The highest BCUT2D eigenvalue weighted by Gasteiger charge is 2.23. The first-order valence-electron chi connectivity index (χ1n) is 2.90. The maximum absolute atomic E-state index is 10.3. The van der Waals surface area contributed by atoms with E-state index in [0.717, 1.165) is 0 Å². The molecule has 0 atom stereocenters. The van der Waals surface area contributed by atoms with Gasteiger partial charge in [-0.15, -0.1) is 0 Å². The van der Waals surface area contributed by atoms with Crippen molar-refractivity contribution in [3.63, 3.8) is 0 Å². The second kappa shape index (κ2) is 2.89. The van der Waals surface area contributed by atoms with Crippen LogP contribution in [0.3, 0.4) is 0 Å². The standard InChI is InChI=1S/C4H5N6O2/c1-9-2-6-3(10(11)12)4(9)7-8-5/h2,5H,1H3/q+1. The molecule has 12 heavy (non-hydrogen) atoms. The first-order chi connectivity index (χ1) is 5.66. The molecule has 0 aliphatic carbocycles. The number of nitrogens with zero attached hydrogens (tertiary/aromatic N) is 5. The number of nitro groups is 1. The number of imidazole rings is 1. The predicted molar refractivity (Wildman–Crippen MR) is 36.8 cm³/mol. The van der Waals surface area contributed by atoms with Gasteiger partial charge < -0.3 is 10.1 Å². The van der Waals surface area contributed by atoms with Gasteiger partial charge in [-0.05, 0) is 9.91 Å². The van der Waals surface area contributed by atoms with Crippen molar-refractivity contribution in [2.45, 2.75) is 0 Å². The molecule has 1 heterocycles. The highest BCUT2D eigenvalue weighted by atomic mass is 16.6. The molecule has 0 saturated heterocycles. The summed E-state index contributed by atoms with van der Waals surface area (Å²) >= 11 is 0. The summed E-state index contributed by atoms with van der Waals surface area (Å²) in [5, 5.41) is 13.5. The van der Waals surface area contributed by atoms with Crippen LogP contribution in [0, 0.1) is 15.6 Å². The summed E-state index contributed by atoms with van der Waals surface area (Å²) in [6.45, 7) is 0. The van der Waals surface area contributed by atoms with Gasteiger partial charge in [0.1, 0.15) is 5.53 Å². The topological polar surface area (TPSA) is 111 Å². The van der Waals surface area contributed by atoms with Gasteiger partial charge in [-0.2, -0.15) is 0 Å². The van der Waals surface area contributed by atoms with E-state index in [1.165, 1.54) is 17.9 Å². The van der Waals surface area contributed by atoms with E-state index < -0.39 is 10.7 Å². The molecule has 0 unspecified atom stereocenters. The monoisotopic (exact) mass is 169 g/mol. The molecule has 8 heteroatoms. The van der Waals surface area contributed by atoms with E-state index in [4.69, 9.17) is 5.53 Å². The molecule has 1 aromatic heterocycles. The molecule has 1 rings (SSSR count). The molecule has 0 radical (unpaired) electrons. The van der Waals surface area contributed by atoms with Gasteiger partial charge in [0.25, 0.3) is 0 Å². The van der Waals surface area contributed by atoms with Crippen LogP contribution in [0.1, 0.15) is 0 Å². The van der Waals surface area contributed by atoms with E-state index in [9.17, 15) is 10.1 Å². The van der Waals surface area contributed by atoms with E-state index in [2.05, 4.69) is 15.0 Å².